The Morgan fingerprint density at radius 1 is 0.775 bits per heavy atom. The zero-order chi connectivity index (χ0) is 28.5. The second kappa shape index (κ2) is 13.8. The number of nitrogens with one attached hydrogen (secondary N) is 3. The molecule has 0 saturated carbocycles. The largest absolute Gasteiger partial charge is 0.325 e. The van der Waals surface area contributed by atoms with Crippen molar-refractivity contribution in [2.45, 2.75) is 11.8 Å². The maximum atomic E-state index is 13.2. The minimum absolute atomic E-state index is 0.00996. The van der Waals surface area contributed by atoms with E-state index in [0.29, 0.717) is 21.8 Å². The number of thioether (sulfide) groups is 1. The summed E-state index contributed by atoms with van der Waals surface area (Å²) in [5.41, 5.74) is 3.24. The molecule has 0 saturated heterocycles. The Labute approximate surface area is 246 Å². The zero-order valence-electron chi connectivity index (χ0n) is 21.4. The van der Waals surface area contributed by atoms with Gasteiger partial charge in [-0.25, -0.2) is 0 Å². The van der Waals surface area contributed by atoms with Gasteiger partial charge >= 0.3 is 0 Å². The number of amides is 3. The number of hydrogen-bond acceptors (Lipinski definition) is 4. The van der Waals surface area contributed by atoms with E-state index in [1.165, 1.54) is 17.8 Å². The average Bonchev–Trinajstić information content (AvgIpc) is 2.96. The Kier molecular flexibility index (Phi) is 10.0. The lowest BCUT2D eigenvalue weighted by molar-refractivity contribution is -0.114. The highest BCUT2D eigenvalue weighted by Gasteiger charge is 2.16. The normalized spacial score (nSPS) is 11.0. The van der Waals surface area contributed by atoms with E-state index in [1.54, 1.807) is 72.8 Å². The Morgan fingerprint density at radius 3 is 2.12 bits per heavy atom. The van der Waals surface area contributed by atoms with Crippen molar-refractivity contribution in [1.29, 1.82) is 0 Å². The van der Waals surface area contributed by atoms with Gasteiger partial charge in [-0.15, -0.1) is 11.8 Å². The summed E-state index contributed by atoms with van der Waals surface area (Å²) in [5.74, 6) is -0.873. The van der Waals surface area contributed by atoms with E-state index in [1.807, 2.05) is 31.2 Å². The molecule has 40 heavy (non-hydrogen) atoms. The molecule has 9 heteroatoms. The fraction of sp³-hybridized carbons (Fsp3) is 0.0645. The third kappa shape index (κ3) is 8.23. The first-order valence-electron chi connectivity index (χ1n) is 12.2. The highest BCUT2D eigenvalue weighted by atomic mass is 35.5. The molecule has 4 aromatic rings. The summed E-state index contributed by atoms with van der Waals surface area (Å²) < 4.78 is 0. The smallest absolute Gasteiger partial charge is 0.272 e. The molecule has 0 heterocycles. The number of aryl methyl sites for hydroxylation is 1. The van der Waals surface area contributed by atoms with Gasteiger partial charge in [-0.05, 0) is 73.2 Å². The van der Waals surface area contributed by atoms with Crippen LogP contribution >= 0.6 is 35.0 Å². The van der Waals surface area contributed by atoms with E-state index < -0.39 is 11.8 Å². The lowest BCUT2D eigenvalue weighted by Crippen LogP contribution is -2.30. The standard InChI is InChI=1S/C31H25Cl2N3O3S/c1-20-10-12-23(13-11-20)34-28(37)19-40-25-16-14-24(15-17-25)35-31(39)27(18-22-8-5-9-26(32)29(22)33)36-30(38)21-6-3-2-4-7-21/h2-18H,19H2,1H3,(H,34,37)(H,35,39)(H,36,38)/b27-18-. The quantitative estimate of drug-likeness (QED) is 0.140. The summed E-state index contributed by atoms with van der Waals surface area (Å²) in [6.07, 6.45) is 1.47. The van der Waals surface area contributed by atoms with Crippen molar-refractivity contribution < 1.29 is 14.4 Å². The van der Waals surface area contributed by atoms with Gasteiger partial charge in [0.05, 0.1) is 15.8 Å². The zero-order valence-corrected chi connectivity index (χ0v) is 23.7. The van der Waals surface area contributed by atoms with Crippen LogP contribution in [0.2, 0.25) is 10.0 Å². The van der Waals surface area contributed by atoms with Gasteiger partial charge in [0.15, 0.2) is 0 Å². The first-order valence-corrected chi connectivity index (χ1v) is 14.0. The van der Waals surface area contributed by atoms with E-state index in [4.69, 9.17) is 23.2 Å². The van der Waals surface area contributed by atoms with Gasteiger partial charge in [0, 0.05) is 21.8 Å². The number of halogens is 2. The van der Waals surface area contributed by atoms with E-state index in [-0.39, 0.29) is 22.4 Å². The number of benzene rings is 4. The fourth-order valence-corrected chi connectivity index (χ4v) is 4.61. The summed E-state index contributed by atoms with van der Waals surface area (Å²) in [7, 11) is 0. The molecule has 0 bridgehead atoms. The number of rotatable bonds is 9. The van der Waals surface area contributed by atoms with E-state index in [0.717, 1.165) is 16.1 Å². The summed E-state index contributed by atoms with van der Waals surface area (Å²) in [6, 6.07) is 28.2. The Balaban J connectivity index is 1.43. The molecule has 0 spiro atoms. The third-order valence-electron chi connectivity index (χ3n) is 5.63. The van der Waals surface area contributed by atoms with Gasteiger partial charge in [-0.1, -0.05) is 71.2 Å². The monoisotopic (exact) mass is 589 g/mol. The first kappa shape index (κ1) is 29.0. The van der Waals surface area contributed by atoms with Crippen LogP contribution in [-0.4, -0.2) is 23.5 Å². The maximum Gasteiger partial charge on any atom is 0.272 e. The summed E-state index contributed by atoms with van der Waals surface area (Å²) in [6.45, 7) is 1.99. The third-order valence-corrected chi connectivity index (χ3v) is 7.47. The fourth-order valence-electron chi connectivity index (χ4n) is 3.55. The Morgan fingerprint density at radius 2 is 1.43 bits per heavy atom. The van der Waals surface area contributed by atoms with Gasteiger partial charge in [0.2, 0.25) is 5.91 Å². The van der Waals surface area contributed by atoms with Crippen LogP contribution in [0.1, 0.15) is 21.5 Å². The van der Waals surface area contributed by atoms with Gasteiger partial charge in [0.1, 0.15) is 5.70 Å². The van der Waals surface area contributed by atoms with E-state index >= 15 is 0 Å². The Hall–Kier alpha value is -4.04. The van der Waals surface area contributed by atoms with Crippen LogP contribution in [0.5, 0.6) is 0 Å². The summed E-state index contributed by atoms with van der Waals surface area (Å²) in [4.78, 5) is 39.2. The minimum Gasteiger partial charge on any atom is -0.325 e. The number of carbonyl (C=O) groups excluding carboxylic acids is 3. The lowest BCUT2D eigenvalue weighted by atomic mass is 10.1. The predicted octanol–water partition coefficient (Wildman–Crippen LogP) is 7.44. The van der Waals surface area contributed by atoms with Crippen molar-refractivity contribution in [3.05, 3.63) is 129 Å². The van der Waals surface area contributed by atoms with Crippen molar-refractivity contribution in [3.8, 4) is 0 Å². The lowest BCUT2D eigenvalue weighted by Gasteiger charge is -2.12. The summed E-state index contributed by atoms with van der Waals surface area (Å²) in [5, 5.41) is 8.92. The molecule has 3 N–H and O–H groups in total. The minimum atomic E-state index is -0.543. The molecule has 4 rings (SSSR count). The van der Waals surface area contributed by atoms with Gasteiger partial charge in [-0.2, -0.15) is 0 Å². The van der Waals surface area contributed by atoms with Gasteiger partial charge in [-0.3, -0.25) is 14.4 Å². The molecule has 0 fully saturated rings. The van der Waals surface area contributed by atoms with Gasteiger partial charge < -0.3 is 16.0 Å². The van der Waals surface area contributed by atoms with Crippen LogP contribution in [0.15, 0.2) is 108 Å². The topological polar surface area (TPSA) is 87.3 Å². The van der Waals surface area contributed by atoms with Crippen molar-refractivity contribution in [1.82, 2.24) is 5.32 Å². The molecule has 202 valence electrons. The number of anilines is 2. The predicted molar refractivity (Wildman–Crippen MR) is 164 cm³/mol. The molecule has 3 amide bonds. The maximum absolute atomic E-state index is 13.2. The average molecular weight is 591 g/mol. The molecule has 0 aromatic heterocycles. The molecule has 0 aliphatic carbocycles. The van der Waals surface area contributed by atoms with Crippen molar-refractivity contribution >= 4 is 70.1 Å². The van der Waals surface area contributed by atoms with Crippen LogP contribution in [0.4, 0.5) is 11.4 Å². The molecule has 0 unspecified atom stereocenters. The molecule has 6 nitrogen and oxygen atoms in total. The molecule has 0 atom stereocenters. The van der Waals surface area contributed by atoms with E-state index in [9.17, 15) is 14.4 Å². The SMILES string of the molecule is Cc1ccc(NC(=O)CSc2ccc(NC(=O)/C(=C/c3cccc(Cl)c3Cl)NC(=O)c3ccccc3)cc2)cc1. The molecule has 0 radical (unpaired) electrons. The van der Waals surface area contributed by atoms with Crippen LogP contribution < -0.4 is 16.0 Å². The first-order chi connectivity index (χ1) is 19.3. The van der Waals surface area contributed by atoms with Gasteiger partial charge in [0.25, 0.3) is 11.8 Å². The molecule has 0 aliphatic heterocycles. The molecule has 0 aliphatic rings. The Bertz CT molecular complexity index is 1540. The van der Waals surface area contributed by atoms with Crippen LogP contribution in [0.25, 0.3) is 6.08 Å². The molecular formula is C31H25Cl2N3O3S. The van der Waals surface area contributed by atoms with Crippen molar-refractivity contribution in [2.24, 2.45) is 0 Å². The number of carbonyl (C=O) groups is 3. The summed E-state index contributed by atoms with van der Waals surface area (Å²) >= 11 is 13.8. The highest BCUT2D eigenvalue weighted by Crippen LogP contribution is 2.27. The molecular weight excluding hydrogens is 565 g/mol. The van der Waals surface area contributed by atoms with Crippen LogP contribution in [0, 0.1) is 6.92 Å². The highest BCUT2D eigenvalue weighted by molar-refractivity contribution is 8.00. The second-order valence-electron chi connectivity index (χ2n) is 8.70. The van der Waals surface area contributed by atoms with E-state index in [2.05, 4.69) is 16.0 Å². The molecule has 4 aromatic carbocycles. The second-order valence-corrected chi connectivity index (χ2v) is 10.5. The van der Waals surface area contributed by atoms with Crippen LogP contribution in [0.3, 0.4) is 0 Å². The van der Waals surface area contributed by atoms with Crippen LogP contribution in [-0.2, 0) is 9.59 Å². The van der Waals surface area contributed by atoms with Crippen molar-refractivity contribution in [2.75, 3.05) is 16.4 Å². The number of hydrogen-bond donors (Lipinski definition) is 3. The van der Waals surface area contributed by atoms with Crippen molar-refractivity contribution in [3.63, 3.8) is 0 Å².